The maximum atomic E-state index is 8.41. The van der Waals surface area contributed by atoms with Crippen LogP contribution in [0, 0.1) is 6.57 Å². The highest BCUT2D eigenvalue weighted by atomic mass is 32.1. The first-order valence-electron chi connectivity index (χ1n) is 23.9. The van der Waals surface area contributed by atoms with Gasteiger partial charge in [-0.2, -0.15) is 0 Å². The molecule has 0 fully saturated rings. The Labute approximate surface area is 420 Å². The molecule has 0 bridgehead atoms. The van der Waals surface area contributed by atoms with Crippen LogP contribution in [0.3, 0.4) is 0 Å². The number of para-hydroxylation sites is 2. The normalized spacial score (nSPS) is 11.9. The zero-order valence-corrected chi connectivity index (χ0v) is 39.9. The monoisotopic (exact) mass is 952 g/mol. The van der Waals surface area contributed by atoms with Crippen molar-refractivity contribution in [3.8, 4) is 56.7 Å². The molecule has 0 spiro atoms. The lowest BCUT2D eigenvalue weighted by atomic mass is 9.97. The molecule has 0 atom stereocenters. The molecule has 0 aliphatic carbocycles. The molecule has 5 aromatic heterocycles. The third kappa shape index (κ3) is 6.09. The van der Waals surface area contributed by atoms with E-state index in [-0.39, 0.29) is 0 Å². The van der Waals surface area contributed by atoms with Crippen molar-refractivity contribution in [1.82, 2.24) is 24.1 Å². The van der Waals surface area contributed by atoms with E-state index in [1.165, 1.54) is 61.9 Å². The first kappa shape index (κ1) is 40.6. The summed E-state index contributed by atoms with van der Waals surface area (Å²) in [6, 6.07) is 77.1. The Morgan fingerprint density at radius 3 is 1.36 bits per heavy atom. The van der Waals surface area contributed by atoms with E-state index in [9.17, 15) is 0 Å². The number of thiophene rings is 2. The third-order valence-electron chi connectivity index (χ3n) is 14.2. The number of nitrogens with zero attached hydrogens (tertiary/aromatic N) is 6. The number of hydrogen-bond donors (Lipinski definition) is 0. The number of hydrogen-bond acceptors (Lipinski definition) is 5. The van der Waals surface area contributed by atoms with Gasteiger partial charge in [0.15, 0.2) is 23.2 Å². The highest BCUT2D eigenvalue weighted by Crippen LogP contribution is 2.48. The summed E-state index contributed by atoms with van der Waals surface area (Å²) in [6.07, 6.45) is 0. The fourth-order valence-electron chi connectivity index (χ4n) is 11.0. The number of fused-ring (bicyclic) bond motifs is 14. The molecular formula is C64H36N6S2. The van der Waals surface area contributed by atoms with Crippen molar-refractivity contribution in [3.63, 3.8) is 0 Å². The minimum absolute atomic E-state index is 0.558. The zero-order chi connectivity index (χ0) is 47.4. The highest BCUT2D eigenvalue weighted by molar-refractivity contribution is 7.27. The Morgan fingerprint density at radius 2 is 0.819 bits per heavy atom. The molecule has 10 aromatic carbocycles. The summed E-state index contributed by atoms with van der Waals surface area (Å²) in [7, 11) is 0. The summed E-state index contributed by atoms with van der Waals surface area (Å²) in [5.74, 6) is 1.76. The van der Waals surface area contributed by atoms with Gasteiger partial charge in [0, 0.05) is 84.1 Å². The van der Waals surface area contributed by atoms with Gasteiger partial charge in [-0.05, 0) is 60.2 Å². The summed E-state index contributed by atoms with van der Waals surface area (Å²) in [6.45, 7) is 8.41. The molecule has 8 heteroatoms. The molecular weight excluding hydrogens is 917 g/mol. The molecule has 0 amide bonds. The van der Waals surface area contributed by atoms with Gasteiger partial charge < -0.3 is 9.13 Å². The van der Waals surface area contributed by atoms with Crippen LogP contribution < -0.4 is 0 Å². The van der Waals surface area contributed by atoms with Crippen molar-refractivity contribution in [2.75, 3.05) is 0 Å². The van der Waals surface area contributed by atoms with Gasteiger partial charge in [0.25, 0.3) is 0 Å². The topological polar surface area (TPSA) is 52.9 Å². The lowest BCUT2D eigenvalue weighted by Crippen LogP contribution is -2.03. The lowest BCUT2D eigenvalue weighted by molar-refractivity contribution is 1.07. The average Bonchev–Trinajstić information content (AvgIpc) is 4.21. The quantitative estimate of drug-likeness (QED) is 0.156. The fourth-order valence-corrected chi connectivity index (χ4v) is 13.5. The van der Waals surface area contributed by atoms with E-state index in [4.69, 9.17) is 21.5 Å². The third-order valence-corrected chi connectivity index (χ3v) is 16.6. The van der Waals surface area contributed by atoms with Gasteiger partial charge in [-0.15, -0.1) is 22.7 Å². The second-order valence-corrected chi connectivity index (χ2v) is 20.3. The summed E-state index contributed by atoms with van der Waals surface area (Å²) >= 11 is 3.70. The van der Waals surface area contributed by atoms with Gasteiger partial charge >= 0.3 is 0 Å². The Kier molecular flexibility index (Phi) is 8.96. The van der Waals surface area contributed by atoms with Crippen LogP contribution in [0.25, 0.3) is 145 Å². The molecule has 0 N–H and O–H groups in total. The van der Waals surface area contributed by atoms with Gasteiger partial charge in [-0.1, -0.05) is 164 Å². The molecule has 5 heterocycles. The minimum atomic E-state index is 0.558. The molecule has 334 valence electrons. The summed E-state index contributed by atoms with van der Waals surface area (Å²) in [4.78, 5) is 19.6. The van der Waals surface area contributed by atoms with Crippen LogP contribution in [0.4, 0.5) is 5.69 Å². The number of aromatic nitrogens is 5. The molecule has 6 nitrogen and oxygen atoms in total. The molecule has 0 aliphatic rings. The van der Waals surface area contributed by atoms with Crippen LogP contribution in [0.5, 0.6) is 0 Å². The molecule has 0 saturated carbocycles. The number of benzene rings is 10. The summed E-state index contributed by atoms with van der Waals surface area (Å²) in [5.41, 5.74) is 11.4. The van der Waals surface area contributed by atoms with Crippen molar-refractivity contribution >= 4 is 112 Å². The second kappa shape index (κ2) is 15.9. The van der Waals surface area contributed by atoms with Crippen LogP contribution in [-0.2, 0) is 0 Å². The first-order chi connectivity index (χ1) is 35.7. The highest BCUT2D eigenvalue weighted by Gasteiger charge is 2.25. The van der Waals surface area contributed by atoms with E-state index in [0.29, 0.717) is 23.2 Å². The predicted octanol–water partition coefficient (Wildman–Crippen LogP) is 18.0. The predicted molar refractivity (Wildman–Crippen MR) is 302 cm³/mol. The Morgan fingerprint density at radius 1 is 0.347 bits per heavy atom. The lowest BCUT2D eigenvalue weighted by Gasteiger charge is -2.20. The molecule has 72 heavy (non-hydrogen) atoms. The van der Waals surface area contributed by atoms with E-state index in [1.807, 2.05) is 89.4 Å². The maximum Gasteiger partial charge on any atom is 0.188 e. The van der Waals surface area contributed by atoms with Crippen molar-refractivity contribution < 1.29 is 0 Å². The summed E-state index contributed by atoms with van der Waals surface area (Å²) < 4.78 is 9.89. The van der Waals surface area contributed by atoms with Gasteiger partial charge in [0.2, 0.25) is 0 Å². The Balaban J connectivity index is 1.06. The van der Waals surface area contributed by atoms with Gasteiger partial charge in [0.1, 0.15) is 0 Å². The second-order valence-electron chi connectivity index (χ2n) is 18.2. The van der Waals surface area contributed by atoms with E-state index >= 15 is 0 Å². The van der Waals surface area contributed by atoms with Crippen molar-refractivity contribution in [2.24, 2.45) is 0 Å². The zero-order valence-electron chi connectivity index (χ0n) is 38.3. The van der Waals surface area contributed by atoms with Crippen molar-refractivity contribution in [3.05, 3.63) is 230 Å². The van der Waals surface area contributed by atoms with E-state index in [2.05, 4.69) is 166 Å². The number of rotatable bonds is 6. The van der Waals surface area contributed by atoms with Crippen LogP contribution >= 0.6 is 22.7 Å². The summed E-state index contributed by atoms with van der Waals surface area (Å²) in [5, 5.41) is 9.84. The SMILES string of the molecule is [C-]#[N+]c1ccc(-n2c3ccccc3c3c4sc5ccccc5c4ccc32)c(-c2ccc(-c3nc(-c4ccccc4)nc(-c4ccccc4)n3)cc2-n2c3ccccc3c3c4sc5ccccc5c4ccc32)c1. The average molecular weight is 953 g/mol. The van der Waals surface area contributed by atoms with E-state index < -0.39 is 0 Å². The molecule has 0 saturated heterocycles. The van der Waals surface area contributed by atoms with Gasteiger partial charge in [0.05, 0.1) is 40.0 Å². The van der Waals surface area contributed by atoms with Crippen LogP contribution in [-0.4, -0.2) is 24.1 Å². The molecule has 0 aliphatic heterocycles. The molecule has 15 aromatic rings. The van der Waals surface area contributed by atoms with Crippen LogP contribution in [0.15, 0.2) is 218 Å². The largest absolute Gasteiger partial charge is 0.309 e. The van der Waals surface area contributed by atoms with E-state index in [1.54, 1.807) is 0 Å². The molecule has 0 radical (unpaired) electrons. The van der Waals surface area contributed by atoms with Crippen molar-refractivity contribution in [1.29, 1.82) is 0 Å². The Bertz CT molecular complexity index is 4710. The van der Waals surface area contributed by atoms with Gasteiger partial charge in [-0.3, -0.25) is 0 Å². The maximum absolute atomic E-state index is 8.41. The van der Waals surface area contributed by atoms with E-state index in [0.717, 1.165) is 61.3 Å². The first-order valence-corrected chi connectivity index (χ1v) is 25.5. The fraction of sp³-hybridized carbons (Fsp3) is 0. The molecule has 0 unspecified atom stereocenters. The van der Waals surface area contributed by atoms with Crippen LogP contribution in [0.1, 0.15) is 0 Å². The Hall–Kier alpha value is -9.26. The standard InChI is InChI=1S/C64H36N6S2/c1-65-41-29-33-52(69-50-24-12-8-22-47(50)58-53(69)34-31-45-43-20-10-14-26-56(43)71-60(45)58)49(37-41)42-30-28-40(64-67-62(38-16-4-2-5-17-38)66-63(68-64)39-18-6-3-7-19-39)36-55(42)70-51-25-13-9-23-48(51)59-54(70)35-32-46-44-21-11-15-27-57(44)72-61(46)59/h2-37H. The van der Waals surface area contributed by atoms with Crippen LogP contribution in [0.2, 0.25) is 0 Å². The minimum Gasteiger partial charge on any atom is -0.309 e. The van der Waals surface area contributed by atoms with Crippen molar-refractivity contribution in [2.45, 2.75) is 0 Å². The smallest absolute Gasteiger partial charge is 0.188 e. The van der Waals surface area contributed by atoms with Gasteiger partial charge in [-0.25, -0.2) is 19.8 Å². The molecule has 15 rings (SSSR count).